The molecule has 0 atom stereocenters. The molecule has 1 aliphatic rings. The average Bonchev–Trinajstić information content (AvgIpc) is 3.14. The number of methoxy groups -OCH3 is 1. The molecule has 2 aromatic carbocycles. The molecule has 2 aromatic rings. The maximum atomic E-state index is 14.3. The fraction of sp³-hybridized carbons (Fsp3) is 0.278. The molecule has 1 amide bonds. The Labute approximate surface area is 140 Å². The van der Waals surface area contributed by atoms with Crippen LogP contribution in [0, 0.1) is 5.82 Å². The highest BCUT2D eigenvalue weighted by molar-refractivity contribution is 5.94. The number of ether oxygens (including phenoxy) is 1. The van der Waals surface area contributed by atoms with E-state index < -0.39 is 0 Å². The number of amides is 1. The Morgan fingerprint density at radius 3 is 2.75 bits per heavy atom. The van der Waals surface area contributed by atoms with E-state index in [1.54, 1.807) is 19.2 Å². The summed E-state index contributed by atoms with van der Waals surface area (Å²) in [6, 6.07) is 12.1. The molecule has 0 bridgehead atoms. The molecule has 6 heteroatoms. The van der Waals surface area contributed by atoms with Crippen molar-refractivity contribution in [2.24, 2.45) is 0 Å². The number of hydrogen-bond donors (Lipinski definition) is 3. The number of hydrogen-bond acceptors (Lipinski definition) is 4. The highest BCUT2D eigenvalue weighted by atomic mass is 19.1. The first kappa shape index (κ1) is 16.4. The number of carbonyl (C=O) groups is 1. The third kappa shape index (κ3) is 3.72. The summed E-state index contributed by atoms with van der Waals surface area (Å²) in [6.45, 7) is 1.71. The summed E-state index contributed by atoms with van der Waals surface area (Å²) < 4.78 is 19.4. The SMILES string of the molecule is COc1cccc(CNC(=O)c2ccc(C3CNNC3)c(F)c2)c1. The minimum atomic E-state index is -0.348. The number of benzene rings is 2. The first-order valence-electron chi connectivity index (χ1n) is 7.83. The molecule has 1 aliphatic heterocycles. The second-order valence-corrected chi connectivity index (χ2v) is 5.73. The van der Waals surface area contributed by atoms with Crippen LogP contribution in [0.4, 0.5) is 4.39 Å². The molecule has 126 valence electrons. The summed E-state index contributed by atoms with van der Waals surface area (Å²) in [5.41, 5.74) is 7.81. The van der Waals surface area contributed by atoms with E-state index in [1.807, 2.05) is 24.3 Å². The molecular formula is C18H20FN3O2. The van der Waals surface area contributed by atoms with Crippen LogP contribution in [0.3, 0.4) is 0 Å². The highest BCUT2D eigenvalue weighted by Gasteiger charge is 2.20. The van der Waals surface area contributed by atoms with Crippen LogP contribution in [-0.4, -0.2) is 26.1 Å². The zero-order chi connectivity index (χ0) is 16.9. The Morgan fingerprint density at radius 1 is 1.25 bits per heavy atom. The van der Waals surface area contributed by atoms with Gasteiger partial charge in [-0.25, -0.2) is 4.39 Å². The van der Waals surface area contributed by atoms with Crippen molar-refractivity contribution in [3.63, 3.8) is 0 Å². The van der Waals surface area contributed by atoms with Gasteiger partial charge in [-0.1, -0.05) is 18.2 Å². The van der Waals surface area contributed by atoms with Gasteiger partial charge in [0.05, 0.1) is 7.11 Å². The van der Waals surface area contributed by atoms with E-state index in [1.165, 1.54) is 6.07 Å². The molecule has 3 rings (SSSR count). The molecule has 0 aromatic heterocycles. The molecule has 1 saturated heterocycles. The maximum absolute atomic E-state index is 14.3. The van der Waals surface area contributed by atoms with Gasteiger partial charge in [-0.05, 0) is 35.4 Å². The van der Waals surface area contributed by atoms with Gasteiger partial charge < -0.3 is 10.1 Å². The number of hydrazine groups is 1. The minimum absolute atomic E-state index is 0.0823. The molecular weight excluding hydrogens is 309 g/mol. The van der Waals surface area contributed by atoms with Gasteiger partial charge in [-0.2, -0.15) is 0 Å². The van der Waals surface area contributed by atoms with E-state index in [9.17, 15) is 9.18 Å². The number of carbonyl (C=O) groups excluding carboxylic acids is 1. The van der Waals surface area contributed by atoms with Crippen LogP contribution >= 0.6 is 0 Å². The van der Waals surface area contributed by atoms with Gasteiger partial charge in [0.1, 0.15) is 11.6 Å². The van der Waals surface area contributed by atoms with E-state index in [4.69, 9.17) is 4.74 Å². The molecule has 0 aliphatic carbocycles. The molecule has 1 fully saturated rings. The Bertz CT molecular complexity index is 730. The summed E-state index contributed by atoms with van der Waals surface area (Å²) >= 11 is 0. The standard InChI is InChI=1S/C18H20FN3O2/c1-24-15-4-2-3-12(7-15)9-20-18(23)13-5-6-16(17(19)8-13)14-10-21-22-11-14/h2-8,14,21-22H,9-11H2,1H3,(H,20,23). The normalized spacial score (nSPS) is 14.6. The topological polar surface area (TPSA) is 62.4 Å². The maximum Gasteiger partial charge on any atom is 0.251 e. The van der Waals surface area contributed by atoms with Gasteiger partial charge in [-0.15, -0.1) is 0 Å². The second kappa shape index (κ2) is 7.42. The van der Waals surface area contributed by atoms with Crippen molar-refractivity contribution < 1.29 is 13.9 Å². The van der Waals surface area contributed by atoms with Crippen molar-refractivity contribution in [1.82, 2.24) is 16.2 Å². The lowest BCUT2D eigenvalue weighted by atomic mass is 9.98. The lowest BCUT2D eigenvalue weighted by Gasteiger charge is -2.11. The van der Waals surface area contributed by atoms with Crippen molar-refractivity contribution in [2.75, 3.05) is 20.2 Å². The predicted molar refractivity (Wildman–Crippen MR) is 89.3 cm³/mol. The van der Waals surface area contributed by atoms with E-state index in [0.717, 1.165) is 11.3 Å². The lowest BCUT2D eigenvalue weighted by molar-refractivity contribution is 0.0950. The number of rotatable bonds is 5. The molecule has 0 saturated carbocycles. The van der Waals surface area contributed by atoms with Crippen LogP contribution in [0.5, 0.6) is 5.75 Å². The van der Waals surface area contributed by atoms with Crippen LogP contribution in [0.25, 0.3) is 0 Å². The Kier molecular flexibility index (Phi) is 5.08. The highest BCUT2D eigenvalue weighted by Crippen LogP contribution is 2.21. The summed E-state index contributed by atoms with van der Waals surface area (Å²) in [5, 5.41) is 2.80. The van der Waals surface area contributed by atoms with Gasteiger partial charge in [0.2, 0.25) is 0 Å². The molecule has 1 heterocycles. The fourth-order valence-electron chi connectivity index (χ4n) is 2.75. The summed E-state index contributed by atoms with van der Waals surface area (Å²) in [5.74, 6) is 0.167. The van der Waals surface area contributed by atoms with E-state index >= 15 is 0 Å². The molecule has 5 nitrogen and oxygen atoms in total. The first-order chi connectivity index (χ1) is 11.7. The second-order valence-electron chi connectivity index (χ2n) is 5.73. The first-order valence-corrected chi connectivity index (χ1v) is 7.83. The summed E-state index contributed by atoms with van der Waals surface area (Å²) in [4.78, 5) is 12.2. The third-order valence-corrected chi connectivity index (χ3v) is 4.11. The molecule has 0 radical (unpaired) electrons. The Balaban J connectivity index is 1.65. The van der Waals surface area contributed by atoms with Gasteiger partial charge >= 0.3 is 0 Å². The quantitative estimate of drug-likeness (QED) is 0.785. The van der Waals surface area contributed by atoms with Crippen molar-refractivity contribution in [1.29, 1.82) is 0 Å². The van der Waals surface area contributed by atoms with Crippen LogP contribution in [0.2, 0.25) is 0 Å². The number of halogens is 1. The monoisotopic (exact) mass is 329 g/mol. The molecule has 0 unspecified atom stereocenters. The van der Waals surface area contributed by atoms with Crippen molar-refractivity contribution in [2.45, 2.75) is 12.5 Å². The van der Waals surface area contributed by atoms with Gasteiger partial charge in [0, 0.05) is 31.1 Å². The van der Waals surface area contributed by atoms with Gasteiger partial charge in [-0.3, -0.25) is 15.6 Å². The summed E-state index contributed by atoms with van der Waals surface area (Å²) in [7, 11) is 1.59. The van der Waals surface area contributed by atoms with Crippen molar-refractivity contribution in [3.05, 3.63) is 65.0 Å². The largest absolute Gasteiger partial charge is 0.497 e. The zero-order valence-electron chi connectivity index (χ0n) is 13.4. The molecule has 3 N–H and O–H groups in total. The van der Waals surface area contributed by atoms with Crippen LogP contribution in [0.15, 0.2) is 42.5 Å². The third-order valence-electron chi connectivity index (χ3n) is 4.11. The smallest absolute Gasteiger partial charge is 0.251 e. The van der Waals surface area contributed by atoms with Gasteiger partial charge in [0.15, 0.2) is 0 Å². The van der Waals surface area contributed by atoms with Crippen LogP contribution < -0.4 is 20.9 Å². The van der Waals surface area contributed by atoms with Crippen molar-refractivity contribution >= 4 is 5.91 Å². The number of nitrogens with one attached hydrogen (secondary N) is 3. The predicted octanol–water partition coefficient (Wildman–Crippen LogP) is 1.96. The Hall–Kier alpha value is -2.44. The average molecular weight is 329 g/mol. The lowest BCUT2D eigenvalue weighted by Crippen LogP contribution is -2.23. The van der Waals surface area contributed by atoms with Crippen molar-refractivity contribution in [3.8, 4) is 5.75 Å². The summed E-state index contributed by atoms with van der Waals surface area (Å²) in [6.07, 6.45) is 0. The molecule has 0 spiro atoms. The molecule has 24 heavy (non-hydrogen) atoms. The van der Waals surface area contributed by atoms with E-state index in [0.29, 0.717) is 30.8 Å². The zero-order valence-corrected chi connectivity index (χ0v) is 13.4. The van der Waals surface area contributed by atoms with Crippen LogP contribution in [0.1, 0.15) is 27.4 Å². The van der Waals surface area contributed by atoms with Crippen LogP contribution in [-0.2, 0) is 6.54 Å². The van der Waals surface area contributed by atoms with Gasteiger partial charge in [0.25, 0.3) is 5.91 Å². The Morgan fingerprint density at radius 2 is 2.04 bits per heavy atom. The van der Waals surface area contributed by atoms with E-state index in [-0.39, 0.29) is 17.6 Å². The minimum Gasteiger partial charge on any atom is -0.497 e. The van der Waals surface area contributed by atoms with E-state index in [2.05, 4.69) is 16.2 Å². The fourth-order valence-corrected chi connectivity index (χ4v) is 2.75.